The number of nitrogens with one attached hydrogen (secondary N) is 1. The maximum absolute atomic E-state index is 13.8. The number of halogens is 4. The van der Waals surface area contributed by atoms with Gasteiger partial charge in [-0.3, -0.25) is 0 Å². The average Bonchev–Trinajstić information content (AvgIpc) is 2.48. The molecule has 0 aromatic heterocycles. The van der Waals surface area contributed by atoms with E-state index in [4.69, 9.17) is 0 Å². The molecule has 0 aliphatic carbocycles. The van der Waals surface area contributed by atoms with Gasteiger partial charge < -0.3 is 10.2 Å². The molecule has 24 heavy (non-hydrogen) atoms. The van der Waals surface area contributed by atoms with E-state index in [9.17, 15) is 22.4 Å². The zero-order valence-electron chi connectivity index (χ0n) is 12.5. The molecule has 3 rings (SSSR count). The number of alkyl halides is 3. The minimum atomic E-state index is -4.57. The number of nitrogens with zero attached hydrogens (tertiary/aromatic N) is 1. The van der Waals surface area contributed by atoms with Crippen LogP contribution in [0, 0.1) is 5.82 Å². The summed E-state index contributed by atoms with van der Waals surface area (Å²) in [4.78, 5) is 13.6. The van der Waals surface area contributed by atoms with Crippen LogP contribution in [0.5, 0.6) is 0 Å². The Bertz CT molecular complexity index is 760. The normalized spacial score (nSPS) is 17.3. The SMILES string of the molecule is O=C(Nc1ccccc1C(F)(F)F)N1CCC1c1ccccc1F. The molecular weight excluding hydrogens is 324 g/mol. The molecule has 1 N–H and O–H groups in total. The lowest BCUT2D eigenvalue weighted by atomic mass is 9.95. The van der Waals surface area contributed by atoms with E-state index in [1.54, 1.807) is 18.2 Å². The molecule has 0 spiro atoms. The van der Waals surface area contributed by atoms with E-state index in [2.05, 4.69) is 5.32 Å². The van der Waals surface area contributed by atoms with E-state index in [-0.39, 0.29) is 5.69 Å². The number of hydrogen-bond acceptors (Lipinski definition) is 1. The standard InChI is InChI=1S/C17H14F4N2O/c18-13-7-3-1-5-11(13)15-9-10-23(15)16(24)22-14-8-4-2-6-12(14)17(19,20)21/h1-8,15H,9-10H2,(H,22,24). The summed E-state index contributed by atoms with van der Waals surface area (Å²) in [6.45, 7) is 0.360. The van der Waals surface area contributed by atoms with E-state index in [0.29, 0.717) is 18.5 Å². The molecule has 1 atom stereocenters. The first-order chi connectivity index (χ1) is 11.4. The lowest BCUT2D eigenvalue weighted by Crippen LogP contribution is -2.47. The van der Waals surface area contributed by atoms with E-state index in [0.717, 1.165) is 6.07 Å². The highest BCUT2D eigenvalue weighted by Gasteiger charge is 2.37. The fourth-order valence-corrected chi connectivity index (χ4v) is 2.73. The first-order valence-electron chi connectivity index (χ1n) is 7.36. The van der Waals surface area contributed by atoms with Crippen molar-refractivity contribution in [3.63, 3.8) is 0 Å². The van der Waals surface area contributed by atoms with Crippen LogP contribution in [0.2, 0.25) is 0 Å². The first-order valence-corrected chi connectivity index (χ1v) is 7.36. The number of carbonyl (C=O) groups excluding carboxylic acids is 1. The lowest BCUT2D eigenvalue weighted by molar-refractivity contribution is -0.136. The van der Waals surface area contributed by atoms with Crippen LogP contribution in [-0.4, -0.2) is 17.5 Å². The van der Waals surface area contributed by atoms with Crippen molar-refractivity contribution in [3.05, 3.63) is 65.5 Å². The van der Waals surface area contributed by atoms with Gasteiger partial charge in [-0.25, -0.2) is 9.18 Å². The highest BCUT2D eigenvalue weighted by Crippen LogP contribution is 2.37. The van der Waals surface area contributed by atoms with Gasteiger partial charge in [-0.2, -0.15) is 13.2 Å². The molecule has 1 unspecified atom stereocenters. The lowest BCUT2D eigenvalue weighted by Gasteiger charge is -2.41. The molecule has 2 aromatic rings. The maximum atomic E-state index is 13.8. The van der Waals surface area contributed by atoms with Gasteiger partial charge in [-0.15, -0.1) is 0 Å². The molecule has 3 nitrogen and oxygen atoms in total. The number of hydrogen-bond donors (Lipinski definition) is 1. The van der Waals surface area contributed by atoms with Crippen LogP contribution in [-0.2, 0) is 6.18 Å². The predicted octanol–water partition coefficient (Wildman–Crippen LogP) is 4.82. The predicted molar refractivity (Wildman–Crippen MR) is 80.9 cm³/mol. The Kier molecular flexibility index (Phi) is 4.17. The van der Waals surface area contributed by atoms with Crippen molar-refractivity contribution in [1.82, 2.24) is 4.90 Å². The molecule has 1 aliphatic heterocycles. The molecule has 0 radical (unpaired) electrons. The van der Waals surface area contributed by atoms with Gasteiger partial charge in [0, 0.05) is 12.1 Å². The van der Waals surface area contributed by atoms with E-state index >= 15 is 0 Å². The minimum Gasteiger partial charge on any atom is -0.317 e. The average molecular weight is 338 g/mol. The van der Waals surface area contributed by atoms with Gasteiger partial charge in [-0.1, -0.05) is 30.3 Å². The summed E-state index contributed by atoms with van der Waals surface area (Å²) in [5.41, 5.74) is -0.862. The Morgan fingerprint density at radius 2 is 1.75 bits per heavy atom. The van der Waals surface area contributed by atoms with Crippen molar-refractivity contribution in [1.29, 1.82) is 0 Å². The van der Waals surface area contributed by atoms with Crippen molar-refractivity contribution >= 4 is 11.7 Å². The largest absolute Gasteiger partial charge is 0.418 e. The summed E-state index contributed by atoms with van der Waals surface area (Å²) in [6, 6.07) is 9.69. The van der Waals surface area contributed by atoms with Gasteiger partial charge in [0.05, 0.1) is 17.3 Å². The van der Waals surface area contributed by atoms with Gasteiger partial charge in [0.2, 0.25) is 0 Å². The van der Waals surface area contributed by atoms with Gasteiger partial charge in [-0.05, 0) is 24.6 Å². The Labute approximate surface area is 135 Å². The molecule has 2 amide bonds. The van der Waals surface area contributed by atoms with Crippen molar-refractivity contribution < 1.29 is 22.4 Å². The van der Waals surface area contributed by atoms with Gasteiger partial charge in [0.15, 0.2) is 0 Å². The summed E-state index contributed by atoms with van der Waals surface area (Å²) >= 11 is 0. The summed E-state index contributed by atoms with van der Waals surface area (Å²) in [6.07, 6.45) is -4.00. The molecule has 1 saturated heterocycles. The summed E-state index contributed by atoms with van der Waals surface area (Å²) in [7, 11) is 0. The maximum Gasteiger partial charge on any atom is 0.418 e. The monoisotopic (exact) mass is 338 g/mol. The van der Waals surface area contributed by atoms with Crippen LogP contribution < -0.4 is 5.32 Å². The Morgan fingerprint density at radius 3 is 2.38 bits per heavy atom. The third kappa shape index (κ3) is 3.06. The van der Waals surface area contributed by atoms with Crippen LogP contribution >= 0.6 is 0 Å². The molecule has 126 valence electrons. The van der Waals surface area contributed by atoms with Crippen LogP contribution in [0.3, 0.4) is 0 Å². The third-order valence-corrected chi connectivity index (χ3v) is 4.02. The fourth-order valence-electron chi connectivity index (χ4n) is 2.73. The number of amides is 2. The second-order valence-corrected chi connectivity index (χ2v) is 5.49. The molecular formula is C17H14F4N2O. The van der Waals surface area contributed by atoms with Crippen molar-refractivity contribution in [2.45, 2.75) is 18.6 Å². The second-order valence-electron chi connectivity index (χ2n) is 5.49. The van der Waals surface area contributed by atoms with Crippen molar-refractivity contribution in [2.24, 2.45) is 0 Å². The van der Waals surface area contributed by atoms with Crippen LogP contribution in [0.1, 0.15) is 23.6 Å². The number of urea groups is 1. The summed E-state index contributed by atoms with van der Waals surface area (Å²) < 4.78 is 52.8. The van der Waals surface area contributed by atoms with E-state index in [1.807, 2.05) is 0 Å². The number of rotatable bonds is 2. The topological polar surface area (TPSA) is 32.3 Å². The first kappa shape index (κ1) is 16.3. The van der Waals surface area contributed by atoms with Crippen molar-refractivity contribution in [2.75, 3.05) is 11.9 Å². The number of likely N-dealkylation sites (tertiary alicyclic amines) is 1. The van der Waals surface area contributed by atoms with Gasteiger partial charge in [0.1, 0.15) is 5.82 Å². The second kappa shape index (κ2) is 6.14. The van der Waals surface area contributed by atoms with Crippen LogP contribution in [0.4, 0.5) is 28.0 Å². The quantitative estimate of drug-likeness (QED) is 0.782. The smallest absolute Gasteiger partial charge is 0.317 e. The number of anilines is 1. The summed E-state index contributed by atoms with van der Waals surface area (Å²) in [5, 5.41) is 2.28. The fraction of sp³-hybridized carbons (Fsp3) is 0.235. The number of carbonyl (C=O) groups is 1. The van der Waals surface area contributed by atoms with Gasteiger partial charge in [0.25, 0.3) is 0 Å². The van der Waals surface area contributed by atoms with E-state index < -0.39 is 29.6 Å². The highest BCUT2D eigenvalue weighted by molar-refractivity contribution is 5.91. The zero-order chi connectivity index (χ0) is 17.3. The molecule has 2 aromatic carbocycles. The van der Waals surface area contributed by atoms with Gasteiger partial charge >= 0.3 is 12.2 Å². The summed E-state index contributed by atoms with van der Waals surface area (Å²) in [5.74, 6) is -0.435. The molecule has 7 heteroatoms. The van der Waals surface area contributed by atoms with Crippen LogP contribution in [0.15, 0.2) is 48.5 Å². The number of benzene rings is 2. The number of para-hydroxylation sites is 1. The van der Waals surface area contributed by atoms with E-state index in [1.165, 1.54) is 29.2 Å². The molecule has 1 aliphatic rings. The Hall–Kier alpha value is -2.57. The molecule has 1 fully saturated rings. The van der Waals surface area contributed by atoms with Crippen LogP contribution in [0.25, 0.3) is 0 Å². The molecule has 1 heterocycles. The molecule has 0 bridgehead atoms. The third-order valence-electron chi connectivity index (χ3n) is 4.02. The molecule has 0 saturated carbocycles. The van der Waals surface area contributed by atoms with Crippen molar-refractivity contribution in [3.8, 4) is 0 Å². The Balaban J connectivity index is 1.78. The Morgan fingerprint density at radius 1 is 1.08 bits per heavy atom. The minimum absolute atomic E-state index is 0.311. The zero-order valence-corrected chi connectivity index (χ0v) is 12.5. The highest BCUT2D eigenvalue weighted by atomic mass is 19.4.